The van der Waals surface area contributed by atoms with Gasteiger partial charge in [-0.25, -0.2) is 15.0 Å². The molecule has 0 fully saturated rings. The number of fused-ring (bicyclic) bond motifs is 6. The van der Waals surface area contributed by atoms with Crippen molar-refractivity contribution in [1.82, 2.24) is 19.9 Å². The summed E-state index contributed by atoms with van der Waals surface area (Å²) >= 11 is 0. The molecule has 0 atom stereocenters. The molecule has 0 unspecified atom stereocenters. The van der Waals surface area contributed by atoms with E-state index in [9.17, 15) is 0 Å². The monoisotopic (exact) mass is 690 g/mol. The summed E-state index contributed by atoms with van der Waals surface area (Å²) in [6.07, 6.45) is 0. The Morgan fingerprint density at radius 1 is 0.352 bits per heavy atom. The maximum Gasteiger partial charge on any atom is 0.160 e. The number of aryl methyl sites for hydroxylation is 2. The largest absolute Gasteiger partial charge is 0.258 e. The van der Waals surface area contributed by atoms with Gasteiger partial charge < -0.3 is 0 Å². The third kappa shape index (κ3) is 5.48. The molecule has 10 rings (SSSR count). The summed E-state index contributed by atoms with van der Waals surface area (Å²) in [4.78, 5) is 20.3. The minimum atomic E-state index is 0.686. The van der Waals surface area contributed by atoms with Gasteiger partial charge >= 0.3 is 0 Å². The van der Waals surface area contributed by atoms with E-state index in [0.29, 0.717) is 5.82 Å². The van der Waals surface area contributed by atoms with Crippen LogP contribution >= 0.6 is 0 Å². The van der Waals surface area contributed by atoms with Crippen LogP contribution in [0.5, 0.6) is 0 Å². The van der Waals surface area contributed by atoms with Crippen LogP contribution in [-0.4, -0.2) is 19.9 Å². The number of rotatable bonds is 5. The van der Waals surface area contributed by atoms with Gasteiger partial charge in [0.05, 0.1) is 22.4 Å². The van der Waals surface area contributed by atoms with Crippen LogP contribution in [0.1, 0.15) is 11.4 Å². The average Bonchev–Trinajstić information content (AvgIpc) is 3.23. The summed E-state index contributed by atoms with van der Waals surface area (Å²) in [5.74, 6) is 0.686. The Kier molecular flexibility index (Phi) is 7.55. The van der Waals surface area contributed by atoms with E-state index in [-0.39, 0.29) is 0 Å². The molecule has 0 saturated heterocycles. The van der Waals surface area contributed by atoms with Crippen LogP contribution in [0.25, 0.3) is 99.5 Å². The molecule has 0 aliphatic heterocycles. The first-order chi connectivity index (χ1) is 26.6. The molecule has 0 aliphatic rings. The van der Waals surface area contributed by atoms with Crippen LogP contribution in [0.3, 0.4) is 0 Å². The molecule has 3 heterocycles. The zero-order valence-corrected chi connectivity index (χ0v) is 30.0. The van der Waals surface area contributed by atoms with Crippen LogP contribution in [-0.2, 0) is 0 Å². The molecule has 10 aromatic rings. The van der Waals surface area contributed by atoms with Gasteiger partial charge in [-0.15, -0.1) is 0 Å². The summed E-state index contributed by atoms with van der Waals surface area (Å²) in [7, 11) is 0. The Balaban J connectivity index is 1.11. The molecule has 0 bridgehead atoms. The van der Waals surface area contributed by atoms with Crippen LogP contribution in [0.15, 0.2) is 170 Å². The van der Waals surface area contributed by atoms with Crippen LogP contribution in [0.4, 0.5) is 0 Å². The highest BCUT2D eigenvalue weighted by atomic mass is 14.9. The van der Waals surface area contributed by atoms with E-state index in [0.717, 1.165) is 88.7 Å². The van der Waals surface area contributed by atoms with Gasteiger partial charge in [0.25, 0.3) is 0 Å². The fraction of sp³-hybridized carbons (Fsp3) is 0.0400. The topological polar surface area (TPSA) is 51.6 Å². The molecule has 0 amide bonds. The Labute approximate surface area is 313 Å². The lowest BCUT2D eigenvalue weighted by atomic mass is 9.92. The van der Waals surface area contributed by atoms with Crippen molar-refractivity contribution in [3.05, 3.63) is 181 Å². The van der Waals surface area contributed by atoms with Gasteiger partial charge in [0.2, 0.25) is 0 Å². The van der Waals surface area contributed by atoms with E-state index >= 15 is 0 Å². The highest BCUT2D eigenvalue weighted by molar-refractivity contribution is 6.21. The Hall–Kier alpha value is -7.04. The van der Waals surface area contributed by atoms with Crippen molar-refractivity contribution in [2.24, 2.45) is 0 Å². The van der Waals surface area contributed by atoms with Crippen LogP contribution in [0.2, 0.25) is 0 Å². The quantitative estimate of drug-likeness (QED) is 0.133. The predicted molar refractivity (Wildman–Crippen MR) is 224 cm³/mol. The summed E-state index contributed by atoms with van der Waals surface area (Å²) < 4.78 is 0. The van der Waals surface area contributed by atoms with Gasteiger partial charge in [-0.05, 0) is 47.9 Å². The number of nitrogens with zero attached hydrogens (tertiary/aromatic N) is 4. The normalized spacial score (nSPS) is 11.5. The first-order valence-electron chi connectivity index (χ1n) is 18.3. The first-order valence-corrected chi connectivity index (χ1v) is 18.3. The second kappa shape index (κ2) is 12.9. The van der Waals surface area contributed by atoms with Gasteiger partial charge in [-0.3, -0.25) is 4.98 Å². The van der Waals surface area contributed by atoms with Crippen molar-refractivity contribution in [2.75, 3.05) is 0 Å². The molecule has 0 N–H and O–H groups in total. The molecule has 7 aromatic carbocycles. The van der Waals surface area contributed by atoms with Crippen molar-refractivity contribution in [1.29, 1.82) is 0 Å². The van der Waals surface area contributed by atoms with Crippen molar-refractivity contribution in [3.8, 4) is 56.2 Å². The molecule has 54 heavy (non-hydrogen) atoms. The van der Waals surface area contributed by atoms with E-state index in [4.69, 9.17) is 15.0 Å². The highest BCUT2D eigenvalue weighted by Crippen LogP contribution is 2.40. The zero-order chi connectivity index (χ0) is 36.2. The molecule has 0 radical (unpaired) electrons. The molecule has 254 valence electrons. The number of pyridine rings is 2. The molecular formula is C50H34N4. The fourth-order valence-electron chi connectivity index (χ4n) is 7.80. The Bertz CT molecular complexity index is 2950. The van der Waals surface area contributed by atoms with E-state index in [1.54, 1.807) is 0 Å². The molecule has 3 aromatic heterocycles. The second-order valence-corrected chi connectivity index (χ2v) is 13.9. The van der Waals surface area contributed by atoms with E-state index in [1.165, 1.54) is 16.3 Å². The first kappa shape index (κ1) is 31.7. The summed E-state index contributed by atoms with van der Waals surface area (Å²) in [6, 6.07) is 59.9. The third-order valence-electron chi connectivity index (χ3n) is 10.5. The van der Waals surface area contributed by atoms with Gasteiger partial charge in [-0.2, -0.15) is 0 Å². The minimum absolute atomic E-state index is 0.686. The molecule has 0 saturated carbocycles. The maximum atomic E-state index is 5.37. The lowest BCUT2D eigenvalue weighted by molar-refractivity contribution is 1.13. The van der Waals surface area contributed by atoms with E-state index in [1.807, 2.05) is 25.1 Å². The average molecular weight is 691 g/mol. The summed E-state index contributed by atoms with van der Waals surface area (Å²) in [5.41, 5.74) is 13.4. The van der Waals surface area contributed by atoms with Crippen LogP contribution in [0, 0.1) is 13.8 Å². The molecule has 4 heteroatoms. The standard InChI is InChI=1S/C50H34N4/c1-31-16-27-40(32(2)51-31)35-17-23-39(24-18-35)50-52-45(36-12-4-3-5-13-36)30-46(53-50)37-19-21-38(22-20-37)47-43-28-25-33-10-6-8-14-41(33)48(43)54-49-42-15-9-7-11-34(42)26-29-44(47)49/h3-30H,1-2H3. The highest BCUT2D eigenvalue weighted by Gasteiger charge is 2.17. The number of aromatic nitrogens is 4. The zero-order valence-electron chi connectivity index (χ0n) is 30.0. The van der Waals surface area contributed by atoms with Crippen molar-refractivity contribution in [3.63, 3.8) is 0 Å². The predicted octanol–water partition coefficient (Wildman–Crippen LogP) is 12.8. The summed E-state index contributed by atoms with van der Waals surface area (Å²) in [6.45, 7) is 4.08. The fourth-order valence-corrected chi connectivity index (χ4v) is 7.80. The van der Waals surface area contributed by atoms with Crippen molar-refractivity contribution < 1.29 is 0 Å². The number of hydrogen-bond donors (Lipinski definition) is 0. The van der Waals surface area contributed by atoms with Crippen molar-refractivity contribution in [2.45, 2.75) is 13.8 Å². The third-order valence-corrected chi connectivity index (χ3v) is 10.5. The van der Waals surface area contributed by atoms with E-state index in [2.05, 4.69) is 164 Å². The lowest BCUT2D eigenvalue weighted by Gasteiger charge is -2.15. The smallest absolute Gasteiger partial charge is 0.160 e. The summed E-state index contributed by atoms with van der Waals surface area (Å²) in [5, 5.41) is 6.96. The lowest BCUT2D eigenvalue weighted by Crippen LogP contribution is -1.96. The van der Waals surface area contributed by atoms with Gasteiger partial charge in [-0.1, -0.05) is 158 Å². The Morgan fingerprint density at radius 2 is 0.870 bits per heavy atom. The van der Waals surface area contributed by atoms with Gasteiger partial charge in [0.1, 0.15) is 0 Å². The molecule has 0 aliphatic carbocycles. The molecular weight excluding hydrogens is 657 g/mol. The van der Waals surface area contributed by atoms with E-state index < -0.39 is 0 Å². The molecule has 4 nitrogen and oxygen atoms in total. The minimum Gasteiger partial charge on any atom is -0.258 e. The maximum absolute atomic E-state index is 5.37. The van der Waals surface area contributed by atoms with Gasteiger partial charge in [0.15, 0.2) is 5.82 Å². The number of hydrogen-bond acceptors (Lipinski definition) is 4. The van der Waals surface area contributed by atoms with Crippen molar-refractivity contribution >= 4 is 43.4 Å². The SMILES string of the molecule is Cc1ccc(-c2ccc(-c3nc(-c4ccccc4)cc(-c4ccc(-c5c6ccc7ccccc7c6nc6c5ccc5ccccc56)cc4)n3)cc2)c(C)n1. The second-order valence-electron chi connectivity index (χ2n) is 13.9. The number of benzene rings is 7. The Morgan fingerprint density at radius 3 is 1.48 bits per heavy atom. The van der Waals surface area contributed by atoms with Gasteiger partial charge in [0, 0.05) is 60.8 Å². The van der Waals surface area contributed by atoms with Crippen LogP contribution < -0.4 is 0 Å². The molecule has 0 spiro atoms.